The van der Waals surface area contributed by atoms with Crippen molar-refractivity contribution in [3.05, 3.63) is 71.8 Å². The molecule has 1 aliphatic rings. The first-order chi connectivity index (χ1) is 9.34. The van der Waals surface area contributed by atoms with Crippen LogP contribution in [-0.2, 0) is 4.79 Å². The Hall–Kier alpha value is -2.68. The van der Waals surface area contributed by atoms with Crippen LogP contribution in [0.1, 0.15) is 5.56 Å². The second kappa shape index (κ2) is 4.90. The summed E-state index contributed by atoms with van der Waals surface area (Å²) in [6.07, 6.45) is 3.44. The highest BCUT2D eigenvalue weighted by Crippen LogP contribution is 2.21. The summed E-state index contributed by atoms with van der Waals surface area (Å²) in [5, 5.41) is 5.57. The Bertz CT molecular complexity index is 645. The minimum Gasteiger partial charge on any atom is -0.267 e. The Kier molecular flexibility index (Phi) is 2.94. The van der Waals surface area contributed by atoms with E-state index in [0.29, 0.717) is 5.57 Å². The highest BCUT2D eigenvalue weighted by Gasteiger charge is 2.23. The van der Waals surface area contributed by atoms with Crippen LogP contribution in [-0.4, -0.2) is 12.1 Å². The van der Waals surface area contributed by atoms with E-state index in [4.69, 9.17) is 0 Å². The van der Waals surface area contributed by atoms with Crippen LogP contribution in [0.15, 0.2) is 71.3 Å². The summed E-state index contributed by atoms with van der Waals surface area (Å²) in [5.74, 6) is -0.102. The maximum Gasteiger partial charge on any atom is 0.280 e. The summed E-state index contributed by atoms with van der Waals surface area (Å²) < 4.78 is 0. The van der Waals surface area contributed by atoms with Crippen molar-refractivity contribution < 1.29 is 4.79 Å². The molecule has 19 heavy (non-hydrogen) atoms. The largest absolute Gasteiger partial charge is 0.280 e. The smallest absolute Gasteiger partial charge is 0.267 e. The molecular weight excluding hydrogens is 236 g/mol. The van der Waals surface area contributed by atoms with Crippen molar-refractivity contribution in [3.8, 4) is 0 Å². The number of hydrogen-bond donors (Lipinski definition) is 0. The number of anilines is 1. The van der Waals surface area contributed by atoms with Gasteiger partial charge in [0.1, 0.15) is 0 Å². The van der Waals surface area contributed by atoms with E-state index >= 15 is 0 Å². The topological polar surface area (TPSA) is 32.7 Å². The number of amides is 1. The molecule has 0 aromatic heterocycles. The lowest BCUT2D eigenvalue weighted by atomic mass is 10.1. The van der Waals surface area contributed by atoms with E-state index in [1.165, 1.54) is 5.01 Å². The molecule has 92 valence electrons. The Morgan fingerprint density at radius 1 is 0.895 bits per heavy atom. The van der Waals surface area contributed by atoms with Crippen molar-refractivity contribution in [2.45, 2.75) is 0 Å². The molecule has 0 spiro atoms. The molecule has 1 heterocycles. The van der Waals surface area contributed by atoms with E-state index in [9.17, 15) is 4.79 Å². The number of hydrogen-bond acceptors (Lipinski definition) is 2. The number of rotatable bonds is 2. The Balaban J connectivity index is 1.88. The van der Waals surface area contributed by atoms with Gasteiger partial charge in [-0.05, 0) is 23.8 Å². The van der Waals surface area contributed by atoms with E-state index < -0.39 is 0 Å². The first-order valence-electron chi connectivity index (χ1n) is 6.05. The fourth-order valence-electron chi connectivity index (χ4n) is 1.93. The predicted octanol–water partition coefficient (Wildman–Crippen LogP) is 3.10. The minimum absolute atomic E-state index is 0.102. The fourth-order valence-corrected chi connectivity index (χ4v) is 1.93. The molecule has 0 saturated heterocycles. The summed E-state index contributed by atoms with van der Waals surface area (Å²) in [7, 11) is 0. The molecule has 0 atom stereocenters. The molecule has 3 heteroatoms. The zero-order valence-electron chi connectivity index (χ0n) is 10.2. The lowest BCUT2D eigenvalue weighted by Crippen LogP contribution is -2.20. The molecule has 0 fully saturated rings. The van der Waals surface area contributed by atoms with Crippen molar-refractivity contribution >= 4 is 23.9 Å². The van der Waals surface area contributed by atoms with Gasteiger partial charge in [-0.15, -0.1) is 0 Å². The van der Waals surface area contributed by atoms with E-state index in [1.807, 2.05) is 66.7 Å². The van der Waals surface area contributed by atoms with E-state index in [1.54, 1.807) is 6.21 Å². The lowest BCUT2D eigenvalue weighted by Gasteiger charge is -2.11. The molecule has 2 aromatic rings. The van der Waals surface area contributed by atoms with Gasteiger partial charge in [0.2, 0.25) is 0 Å². The summed E-state index contributed by atoms with van der Waals surface area (Å²) in [6.45, 7) is 0. The maximum atomic E-state index is 12.2. The van der Waals surface area contributed by atoms with E-state index in [-0.39, 0.29) is 5.91 Å². The number of nitrogens with zero attached hydrogens (tertiary/aromatic N) is 2. The fraction of sp³-hybridized carbons (Fsp3) is 0. The van der Waals surface area contributed by atoms with Crippen LogP contribution in [0.3, 0.4) is 0 Å². The molecule has 0 bridgehead atoms. The van der Waals surface area contributed by atoms with Gasteiger partial charge >= 0.3 is 0 Å². The number of carbonyl (C=O) groups is 1. The molecular formula is C16H12N2O. The van der Waals surface area contributed by atoms with Crippen molar-refractivity contribution in [3.63, 3.8) is 0 Å². The minimum atomic E-state index is -0.102. The zero-order valence-corrected chi connectivity index (χ0v) is 10.2. The van der Waals surface area contributed by atoms with Gasteiger partial charge in [0, 0.05) is 0 Å². The maximum absolute atomic E-state index is 12.2. The summed E-state index contributed by atoms with van der Waals surface area (Å²) in [4.78, 5) is 12.2. The van der Waals surface area contributed by atoms with Crippen molar-refractivity contribution in [2.75, 3.05) is 5.01 Å². The van der Waals surface area contributed by atoms with E-state index in [0.717, 1.165) is 11.3 Å². The van der Waals surface area contributed by atoms with Gasteiger partial charge in [0.25, 0.3) is 5.91 Å². The molecule has 0 saturated carbocycles. The summed E-state index contributed by atoms with van der Waals surface area (Å²) in [6, 6.07) is 19.2. The molecule has 1 aliphatic heterocycles. The van der Waals surface area contributed by atoms with Crippen LogP contribution >= 0.6 is 0 Å². The van der Waals surface area contributed by atoms with Gasteiger partial charge in [-0.2, -0.15) is 10.1 Å². The average Bonchev–Trinajstić information content (AvgIpc) is 2.82. The molecule has 0 N–H and O–H groups in total. The first-order valence-corrected chi connectivity index (χ1v) is 6.05. The van der Waals surface area contributed by atoms with Crippen molar-refractivity contribution in [1.82, 2.24) is 0 Å². The normalized spacial score (nSPS) is 16.3. The molecule has 0 aliphatic carbocycles. The number of hydrazone groups is 1. The van der Waals surface area contributed by atoms with Crippen LogP contribution in [0.5, 0.6) is 0 Å². The number of benzene rings is 2. The van der Waals surface area contributed by atoms with Crippen molar-refractivity contribution in [1.29, 1.82) is 0 Å². The van der Waals surface area contributed by atoms with Gasteiger partial charge in [-0.1, -0.05) is 48.5 Å². The molecule has 1 amide bonds. The number of para-hydroxylation sites is 1. The lowest BCUT2D eigenvalue weighted by molar-refractivity contribution is -0.114. The molecule has 3 nitrogen and oxygen atoms in total. The summed E-state index contributed by atoms with van der Waals surface area (Å²) in [5.41, 5.74) is 2.36. The Labute approximate surface area is 111 Å². The highest BCUT2D eigenvalue weighted by atomic mass is 16.2. The van der Waals surface area contributed by atoms with Gasteiger partial charge in [0.15, 0.2) is 0 Å². The average molecular weight is 248 g/mol. The van der Waals surface area contributed by atoms with E-state index in [2.05, 4.69) is 5.10 Å². The van der Waals surface area contributed by atoms with Gasteiger partial charge in [0.05, 0.1) is 17.5 Å². The van der Waals surface area contributed by atoms with Crippen molar-refractivity contribution in [2.24, 2.45) is 5.10 Å². The monoisotopic (exact) mass is 248 g/mol. The second-order valence-electron chi connectivity index (χ2n) is 4.21. The SMILES string of the molecule is O=C1C(=Cc2ccccc2)C=NN1c1ccccc1. The van der Waals surface area contributed by atoms with Crippen LogP contribution < -0.4 is 5.01 Å². The van der Waals surface area contributed by atoms with Gasteiger partial charge in [-0.25, -0.2) is 0 Å². The third kappa shape index (κ3) is 2.31. The van der Waals surface area contributed by atoms with Crippen LogP contribution in [0.25, 0.3) is 6.08 Å². The van der Waals surface area contributed by atoms with Gasteiger partial charge in [-0.3, -0.25) is 4.79 Å². The Morgan fingerprint density at radius 3 is 2.21 bits per heavy atom. The van der Waals surface area contributed by atoms with Crippen LogP contribution in [0.4, 0.5) is 5.69 Å². The molecule has 0 radical (unpaired) electrons. The Morgan fingerprint density at radius 2 is 1.53 bits per heavy atom. The highest BCUT2D eigenvalue weighted by molar-refractivity contribution is 6.25. The quantitative estimate of drug-likeness (QED) is 0.752. The third-order valence-corrected chi connectivity index (χ3v) is 2.87. The predicted molar refractivity (Wildman–Crippen MR) is 76.8 cm³/mol. The number of carbonyl (C=O) groups excluding carboxylic acids is 1. The molecule has 2 aromatic carbocycles. The standard InChI is InChI=1S/C16H12N2O/c19-16-14(11-13-7-3-1-4-8-13)12-17-18(16)15-9-5-2-6-10-15/h1-12H. The van der Waals surface area contributed by atoms with Gasteiger partial charge < -0.3 is 0 Å². The summed E-state index contributed by atoms with van der Waals surface area (Å²) >= 11 is 0. The van der Waals surface area contributed by atoms with Crippen LogP contribution in [0, 0.1) is 0 Å². The van der Waals surface area contributed by atoms with Crippen LogP contribution in [0.2, 0.25) is 0 Å². The molecule has 3 rings (SSSR count). The zero-order chi connectivity index (χ0) is 13.1. The second-order valence-corrected chi connectivity index (χ2v) is 4.21. The third-order valence-electron chi connectivity index (χ3n) is 2.87. The molecule has 0 unspecified atom stereocenters. The first kappa shape index (κ1) is 11.4.